The Morgan fingerprint density at radius 2 is 0.931 bits per heavy atom. The number of ether oxygens (including phenoxy) is 1. The average Bonchev–Trinajstić information content (AvgIpc) is 3.22. The summed E-state index contributed by atoms with van der Waals surface area (Å²) in [5.41, 5.74) is 0. The van der Waals surface area contributed by atoms with Gasteiger partial charge in [0.2, 0.25) is 5.91 Å². The lowest BCUT2D eigenvalue weighted by molar-refractivity contribution is -0.148. The Morgan fingerprint density at radius 1 is 0.517 bits per heavy atom. The quantitative estimate of drug-likeness (QED) is 0.0323. The molecule has 58 heavy (non-hydrogen) atoms. The molecular formula is C52H97NO5. The Morgan fingerprint density at radius 3 is 1.41 bits per heavy atom. The van der Waals surface area contributed by atoms with E-state index in [4.69, 9.17) is 4.74 Å². The van der Waals surface area contributed by atoms with Crippen LogP contribution in [0.2, 0.25) is 0 Å². The Kier molecular flexibility index (Phi) is 44.6. The Bertz CT molecular complexity index is 961. The van der Waals surface area contributed by atoms with Crippen LogP contribution in [0.5, 0.6) is 0 Å². The van der Waals surface area contributed by atoms with E-state index in [1.807, 2.05) is 12.2 Å². The molecule has 3 N–H and O–H groups in total. The molecule has 0 rings (SSSR count). The topological polar surface area (TPSA) is 95.9 Å². The van der Waals surface area contributed by atoms with E-state index in [1.54, 1.807) is 0 Å². The number of aliphatic hydroxyl groups is 2. The molecule has 1 amide bonds. The molecule has 3 unspecified atom stereocenters. The molecule has 0 aromatic carbocycles. The van der Waals surface area contributed by atoms with Crippen molar-refractivity contribution in [3.05, 3.63) is 36.5 Å². The first-order valence-corrected chi connectivity index (χ1v) is 25.2. The first kappa shape index (κ1) is 56.1. The maximum atomic E-state index is 13.1. The van der Waals surface area contributed by atoms with Crippen molar-refractivity contribution < 1.29 is 24.5 Å². The second-order valence-electron chi connectivity index (χ2n) is 17.2. The zero-order chi connectivity index (χ0) is 42.4. The van der Waals surface area contributed by atoms with Gasteiger partial charge < -0.3 is 20.3 Å². The first-order chi connectivity index (χ1) is 28.5. The number of rotatable bonds is 45. The van der Waals surface area contributed by atoms with Gasteiger partial charge >= 0.3 is 5.97 Å². The lowest BCUT2D eigenvalue weighted by atomic mass is 10.0. The van der Waals surface area contributed by atoms with Gasteiger partial charge in [-0.05, 0) is 57.4 Å². The highest BCUT2D eigenvalue weighted by atomic mass is 16.5. The van der Waals surface area contributed by atoms with Crippen molar-refractivity contribution in [3.63, 3.8) is 0 Å². The van der Waals surface area contributed by atoms with E-state index in [2.05, 4.69) is 50.4 Å². The number of amides is 1. The third-order valence-electron chi connectivity index (χ3n) is 11.4. The maximum absolute atomic E-state index is 13.1. The molecule has 0 saturated carbocycles. The van der Waals surface area contributed by atoms with Crippen LogP contribution in [0, 0.1) is 0 Å². The molecule has 0 aliphatic carbocycles. The van der Waals surface area contributed by atoms with Gasteiger partial charge in [-0.2, -0.15) is 0 Å². The molecule has 0 bridgehead atoms. The van der Waals surface area contributed by atoms with Crippen LogP contribution in [0.1, 0.15) is 258 Å². The molecule has 0 heterocycles. The van der Waals surface area contributed by atoms with Gasteiger partial charge in [0.15, 0.2) is 0 Å². The molecule has 3 atom stereocenters. The van der Waals surface area contributed by atoms with Gasteiger partial charge in [-0.25, -0.2) is 0 Å². The van der Waals surface area contributed by atoms with Crippen LogP contribution in [-0.2, 0) is 14.3 Å². The molecule has 0 spiro atoms. The monoisotopic (exact) mass is 816 g/mol. The number of aliphatic hydroxyl groups excluding tert-OH is 2. The Hall–Kier alpha value is -1.92. The SMILES string of the molecule is CCCC/C=C\CCCCCCCC(=O)OC(/C=C/C/C=C\CCCCCCCC)CC(=O)NC(CO)C(O)CCCCCCCCCCCCCCCCCCC. The average molecular weight is 816 g/mol. The summed E-state index contributed by atoms with van der Waals surface area (Å²) in [5.74, 6) is -0.609. The molecule has 6 nitrogen and oxygen atoms in total. The van der Waals surface area contributed by atoms with Crippen molar-refractivity contribution in [1.29, 1.82) is 0 Å². The van der Waals surface area contributed by atoms with Crippen molar-refractivity contribution in [2.24, 2.45) is 0 Å². The van der Waals surface area contributed by atoms with E-state index >= 15 is 0 Å². The van der Waals surface area contributed by atoms with Gasteiger partial charge in [-0.15, -0.1) is 0 Å². The number of nitrogens with one attached hydrogen (secondary N) is 1. The van der Waals surface area contributed by atoms with Gasteiger partial charge in [0.25, 0.3) is 0 Å². The van der Waals surface area contributed by atoms with Gasteiger partial charge in [-0.1, -0.05) is 225 Å². The van der Waals surface area contributed by atoms with Crippen molar-refractivity contribution in [1.82, 2.24) is 5.32 Å². The number of hydrogen-bond acceptors (Lipinski definition) is 5. The Labute approximate surface area is 360 Å². The largest absolute Gasteiger partial charge is 0.458 e. The molecule has 0 aliphatic heterocycles. The van der Waals surface area contributed by atoms with E-state index < -0.39 is 18.2 Å². The predicted octanol–water partition coefficient (Wildman–Crippen LogP) is 14.9. The fourth-order valence-corrected chi connectivity index (χ4v) is 7.55. The minimum Gasteiger partial charge on any atom is -0.458 e. The maximum Gasteiger partial charge on any atom is 0.306 e. The van der Waals surface area contributed by atoms with Crippen molar-refractivity contribution in [2.75, 3.05) is 6.61 Å². The van der Waals surface area contributed by atoms with Crippen LogP contribution in [0.4, 0.5) is 0 Å². The van der Waals surface area contributed by atoms with Crippen LogP contribution in [0.15, 0.2) is 36.5 Å². The number of carbonyl (C=O) groups excluding carboxylic acids is 2. The third kappa shape index (κ3) is 40.8. The molecule has 0 fully saturated rings. The van der Waals surface area contributed by atoms with Crippen LogP contribution >= 0.6 is 0 Å². The summed E-state index contributed by atoms with van der Waals surface area (Å²) in [6.07, 6.45) is 53.8. The summed E-state index contributed by atoms with van der Waals surface area (Å²) in [5, 5.41) is 23.7. The van der Waals surface area contributed by atoms with Gasteiger partial charge in [0.1, 0.15) is 6.10 Å². The second-order valence-corrected chi connectivity index (χ2v) is 17.2. The molecule has 340 valence electrons. The highest BCUT2D eigenvalue weighted by Crippen LogP contribution is 2.16. The van der Waals surface area contributed by atoms with Crippen molar-refractivity contribution >= 4 is 11.9 Å². The molecule has 0 aromatic rings. The molecular weight excluding hydrogens is 719 g/mol. The molecule has 0 aliphatic rings. The van der Waals surface area contributed by atoms with E-state index in [0.29, 0.717) is 12.8 Å². The highest BCUT2D eigenvalue weighted by molar-refractivity contribution is 5.78. The summed E-state index contributed by atoms with van der Waals surface area (Å²) in [6.45, 7) is 6.41. The van der Waals surface area contributed by atoms with Crippen molar-refractivity contribution in [3.8, 4) is 0 Å². The summed E-state index contributed by atoms with van der Waals surface area (Å²) in [7, 11) is 0. The molecule has 0 aromatic heterocycles. The van der Waals surface area contributed by atoms with Crippen LogP contribution in [0.25, 0.3) is 0 Å². The van der Waals surface area contributed by atoms with Gasteiger partial charge in [-0.3, -0.25) is 9.59 Å². The molecule has 0 radical (unpaired) electrons. The number of allylic oxidation sites excluding steroid dienone is 5. The van der Waals surface area contributed by atoms with Crippen LogP contribution in [0.3, 0.4) is 0 Å². The first-order valence-electron chi connectivity index (χ1n) is 25.2. The normalized spacial score (nSPS) is 13.5. The zero-order valence-corrected chi connectivity index (χ0v) is 38.7. The summed E-state index contributed by atoms with van der Waals surface area (Å²) in [4.78, 5) is 26.0. The fraction of sp³-hybridized carbons (Fsp3) is 0.846. The second kappa shape index (κ2) is 46.2. The predicted molar refractivity (Wildman–Crippen MR) is 250 cm³/mol. The highest BCUT2D eigenvalue weighted by Gasteiger charge is 2.23. The number of unbranched alkanes of at least 4 members (excludes halogenated alkanes) is 29. The number of esters is 1. The Balaban J connectivity index is 4.53. The lowest BCUT2D eigenvalue weighted by Crippen LogP contribution is -2.46. The third-order valence-corrected chi connectivity index (χ3v) is 11.4. The van der Waals surface area contributed by atoms with Gasteiger partial charge in [0.05, 0.1) is 25.2 Å². The standard InChI is InChI=1S/C52H97NO5/c1-4-7-10-13-16-19-22-23-24-25-26-27-30-32-35-38-41-44-50(55)49(47-54)53-51(56)46-48(43-40-37-34-31-28-20-17-14-11-8-5-2)58-52(57)45-42-39-36-33-29-21-18-15-12-9-6-3/h15,18,31,34,40,43,48-50,54-55H,4-14,16-17,19-30,32-33,35-39,41-42,44-47H2,1-3H3,(H,53,56)/b18-15-,34-31-,43-40+. The van der Waals surface area contributed by atoms with Crippen molar-refractivity contribution in [2.45, 2.75) is 277 Å². The molecule has 6 heteroatoms. The summed E-state index contributed by atoms with van der Waals surface area (Å²) in [6, 6.07) is -0.731. The van der Waals surface area contributed by atoms with Gasteiger partial charge in [0, 0.05) is 6.42 Å². The van der Waals surface area contributed by atoms with E-state index in [0.717, 1.165) is 57.8 Å². The summed E-state index contributed by atoms with van der Waals surface area (Å²) >= 11 is 0. The smallest absolute Gasteiger partial charge is 0.306 e. The number of carbonyl (C=O) groups is 2. The lowest BCUT2D eigenvalue weighted by Gasteiger charge is -2.23. The van der Waals surface area contributed by atoms with E-state index in [1.165, 1.54) is 161 Å². The summed E-state index contributed by atoms with van der Waals surface area (Å²) < 4.78 is 5.80. The molecule has 0 saturated heterocycles. The minimum absolute atomic E-state index is 0.0299. The zero-order valence-electron chi connectivity index (χ0n) is 38.7. The van der Waals surface area contributed by atoms with E-state index in [-0.39, 0.29) is 24.9 Å². The fourth-order valence-electron chi connectivity index (χ4n) is 7.55. The number of hydrogen-bond donors (Lipinski definition) is 3. The van der Waals surface area contributed by atoms with Crippen LogP contribution < -0.4 is 5.32 Å². The minimum atomic E-state index is -0.810. The van der Waals surface area contributed by atoms with E-state index in [9.17, 15) is 19.8 Å². The van der Waals surface area contributed by atoms with Crippen LogP contribution in [-0.4, -0.2) is 46.9 Å².